The number of methoxy groups -OCH3 is 1. The van der Waals surface area contributed by atoms with E-state index in [1.807, 2.05) is 0 Å². The third kappa shape index (κ3) is 1.79. The van der Waals surface area contributed by atoms with E-state index in [1.165, 1.54) is 24.0 Å². The Morgan fingerprint density at radius 2 is 2.13 bits per heavy atom. The number of halogens is 1. The van der Waals surface area contributed by atoms with E-state index in [9.17, 15) is 0 Å². The fraction of sp³-hybridized carbons (Fsp3) is 0.500. The molecule has 1 aliphatic carbocycles. The molecule has 1 aromatic rings. The molecule has 15 heavy (non-hydrogen) atoms. The number of aryl methyl sites for hydroxylation is 1. The molecule has 0 bridgehead atoms. The third-order valence-corrected chi connectivity index (χ3v) is 3.72. The first-order valence-electron chi connectivity index (χ1n) is 5.17. The van der Waals surface area contributed by atoms with Crippen LogP contribution >= 0.6 is 15.9 Å². The van der Waals surface area contributed by atoms with Crippen LogP contribution < -0.4 is 10.5 Å². The van der Waals surface area contributed by atoms with E-state index in [0.29, 0.717) is 6.54 Å². The summed E-state index contributed by atoms with van der Waals surface area (Å²) in [5.74, 6) is 1.00. The van der Waals surface area contributed by atoms with Gasteiger partial charge in [-0.1, -0.05) is 15.9 Å². The Morgan fingerprint density at radius 3 is 2.60 bits per heavy atom. The standard InChI is InChI=1S/C12H16BrNO/c1-8-5-9(13)6-10(11(8)15-2)12(7-14)3-4-12/h5-6H,3-4,7,14H2,1-2H3. The van der Waals surface area contributed by atoms with Crippen LogP contribution in [0, 0.1) is 6.92 Å². The molecule has 0 aromatic heterocycles. The van der Waals surface area contributed by atoms with Crippen LogP contribution in [0.1, 0.15) is 24.0 Å². The summed E-state index contributed by atoms with van der Waals surface area (Å²) in [5.41, 5.74) is 8.47. The smallest absolute Gasteiger partial charge is 0.125 e. The monoisotopic (exact) mass is 269 g/mol. The summed E-state index contributed by atoms with van der Waals surface area (Å²) in [6.07, 6.45) is 2.35. The molecule has 2 nitrogen and oxygen atoms in total. The summed E-state index contributed by atoms with van der Waals surface area (Å²) < 4.78 is 6.59. The molecule has 0 unspecified atom stereocenters. The van der Waals surface area contributed by atoms with E-state index < -0.39 is 0 Å². The first-order chi connectivity index (χ1) is 7.13. The number of benzene rings is 1. The zero-order valence-electron chi connectivity index (χ0n) is 9.14. The van der Waals surface area contributed by atoms with E-state index in [2.05, 4.69) is 35.0 Å². The topological polar surface area (TPSA) is 35.2 Å². The highest BCUT2D eigenvalue weighted by Crippen LogP contribution is 2.51. The van der Waals surface area contributed by atoms with Crippen molar-refractivity contribution in [1.29, 1.82) is 0 Å². The van der Waals surface area contributed by atoms with E-state index in [1.54, 1.807) is 7.11 Å². The van der Waals surface area contributed by atoms with Crippen molar-refractivity contribution in [3.63, 3.8) is 0 Å². The van der Waals surface area contributed by atoms with E-state index >= 15 is 0 Å². The molecule has 0 spiro atoms. The van der Waals surface area contributed by atoms with Gasteiger partial charge in [-0.2, -0.15) is 0 Å². The van der Waals surface area contributed by atoms with Gasteiger partial charge in [-0.3, -0.25) is 0 Å². The molecular weight excluding hydrogens is 254 g/mol. The van der Waals surface area contributed by atoms with Gasteiger partial charge in [0.1, 0.15) is 5.75 Å². The lowest BCUT2D eigenvalue weighted by Gasteiger charge is -2.19. The van der Waals surface area contributed by atoms with E-state index in [0.717, 1.165) is 10.2 Å². The molecular formula is C12H16BrNO. The van der Waals surface area contributed by atoms with Gasteiger partial charge in [0.15, 0.2) is 0 Å². The molecule has 0 atom stereocenters. The van der Waals surface area contributed by atoms with Crippen molar-refractivity contribution in [2.45, 2.75) is 25.2 Å². The molecule has 1 fully saturated rings. The first-order valence-corrected chi connectivity index (χ1v) is 5.97. The van der Waals surface area contributed by atoms with Gasteiger partial charge in [-0.25, -0.2) is 0 Å². The van der Waals surface area contributed by atoms with Gasteiger partial charge >= 0.3 is 0 Å². The lowest BCUT2D eigenvalue weighted by Crippen LogP contribution is -2.20. The second kappa shape index (κ2) is 3.80. The van der Waals surface area contributed by atoms with Gasteiger partial charge in [0.2, 0.25) is 0 Å². The minimum atomic E-state index is 0.180. The predicted octanol–water partition coefficient (Wildman–Crippen LogP) is 2.76. The summed E-state index contributed by atoms with van der Waals surface area (Å²) in [6, 6.07) is 4.22. The lowest BCUT2D eigenvalue weighted by molar-refractivity contribution is 0.401. The Kier molecular flexibility index (Phi) is 2.77. The Hall–Kier alpha value is -0.540. The zero-order chi connectivity index (χ0) is 11.1. The lowest BCUT2D eigenvalue weighted by atomic mass is 9.93. The predicted molar refractivity (Wildman–Crippen MR) is 65.4 cm³/mol. The summed E-state index contributed by atoms with van der Waals surface area (Å²) in [4.78, 5) is 0. The van der Waals surface area contributed by atoms with Crippen LogP contribution in [0.2, 0.25) is 0 Å². The number of nitrogens with two attached hydrogens (primary N) is 1. The second-order valence-electron chi connectivity index (χ2n) is 4.29. The SMILES string of the molecule is COc1c(C)cc(Br)cc1C1(CN)CC1. The van der Waals surface area contributed by atoms with Crippen molar-refractivity contribution in [3.8, 4) is 5.75 Å². The summed E-state index contributed by atoms with van der Waals surface area (Å²) in [5, 5.41) is 0. The quantitative estimate of drug-likeness (QED) is 0.916. The van der Waals surface area contributed by atoms with Crippen molar-refractivity contribution < 1.29 is 4.74 Å². The largest absolute Gasteiger partial charge is 0.496 e. The van der Waals surface area contributed by atoms with Gasteiger partial charge in [0.05, 0.1) is 7.11 Å². The highest BCUT2D eigenvalue weighted by molar-refractivity contribution is 9.10. The van der Waals surface area contributed by atoms with Crippen molar-refractivity contribution >= 4 is 15.9 Å². The van der Waals surface area contributed by atoms with Crippen LogP contribution in [0.4, 0.5) is 0 Å². The molecule has 0 saturated heterocycles. The Balaban J connectivity index is 2.54. The molecule has 2 rings (SSSR count). The molecule has 1 aromatic carbocycles. The molecule has 1 aliphatic rings. The fourth-order valence-corrected chi connectivity index (χ4v) is 2.70. The van der Waals surface area contributed by atoms with Crippen LogP contribution in [0.25, 0.3) is 0 Å². The maximum atomic E-state index is 5.85. The van der Waals surface area contributed by atoms with Gasteiger partial charge in [0, 0.05) is 22.0 Å². The summed E-state index contributed by atoms with van der Waals surface area (Å²) in [6.45, 7) is 2.78. The second-order valence-corrected chi connectivity index (χ2v) is 5.20. The normalized spacial score (nSPS) is 17.6. The summed E-state index contributed by atoms with van der Waals surface area (Å²) in [7, 11) is 1.73. The van der Waals surface area contributed by atoms with Crippen LogP contribution in [0.15, 0.2) is 16.6 Å². The van der Waals surface area contributed by atoms with Crippen LogP contribution in [0.5, 0.6) is 5.75 Å². The molecule has 82 valence electrons. The maximum absolute atomic E-state index is 5.85. The van der Waals surface area contributed by atoms with Crippen molar-refractivity contribution in [3.05, 3.63) is 27.7 Å². The van der Waals surface area contributed by atoms with E-state index in [4.69, 9.17) is 10.5 Å². The molecule has 0 radical (unpaired) electrons. The van der Waals surface area contributed by atoms with Gasteiger partial charge in [-0.15, -0.1) is 0 Å². The van der Waals surface area contributed by atoms with Crippen molar-refractivity contribution in [1.82, 2.24) is 0 Å². The third-order valence-electron chi connectivity index (χ3n) is 3.26. The fourth-order valence-electron chi connectivity index (χ4n) is 2.13. The molecule has 0 aliphatic heterocycles. The Morgan fingerprint density at radius 1 is 1.47 bits per heavy atom. The highest BCUT2D eigenvalue weighted by atomic mass is 79.9. The van der Waals surface area contributed by atoms with Crippen molar-refractivity contribution in [2.75, 3.05) is 13.7 Å². The van der Waals surface area contributed by atoms with E-state index in [-0.39, 0.29) is 5.41 Å². The highest BCUT2D eigenvalue weighted by Gasteiger charge is 2.45. The average molecular weight is 270 g/mol. The van der Waals surface area contributed by atoms with Crippen molar-refractivity contribution in [2.24, 2.45) is 5.73 Å². The molecule has 0 heterocycles. The average Bonchev–Trinajstić information content (AvgIpc) is 2.97. The summed E-state index contributed by atoms with van der Waals surface area (Å²) >= 11 is 3.53. The molecule has 2 N–H and O–H groups in total. The number of hydrogen-bond acceptors (Lipinski definition) is 2. The minimum Gasteiger partial charge on any atom is -0.496 e. The number of ether oxygens (including phenoxy) is 1. The molecule has 3 heteroatoms. The number of hydrogen-bond donors (Lipinski definition) is 1. The first kappa shape index (κ1) is 11.0. The Bertz CT molecular complexity index is 385. The Labute approximate surface area is 98.9 Å². The van der Waals surface area contributed by atoms with Gasteiger partial charge in [0.25, 0.3) is 0 Å². The minimum absolute atomic E-state index is 0.180. The molecule has 0 amide bonds. The molecule has 1 saturated carbocycles. The van der Waals surface area contributed by atoms with Gasteiger partial charge < -0.3 is 10.5 Å². The van der Waals surface area contributed by atoms with Crippen LogP contribution in [-0.4, -0.2) is 13.7 Å². The van der Waals surface area contributed by atoms with Gasteiger partial charge in [-0.05, 0) is 37.5 Å². The number of rotatable bonds is 3. The van der Waals surface area contributed by atoms with Crippen LogP contribution in [-0.2, 0) is 5.41 Å². The zero-order valence-corrected chi connectivity index (χ0v) is 10.7. The maximum Gasteiger partial charge on any atom is 0.125 e. The van der Waals surface area contributed by atoms with Crippen LogP contribution in [0.3, 0.4) is 0 Å².